The third-order valence-corrected chi connectivity index (χ3v) is 11.8. The molecule has 1 fully saturated rings. The molecule has 1 heterocycles. The normalized spacial score (nSPS) is 24.1. The van der Waals surface area contributed by atoms with Crippen LogP contribution in [0.4, 0.5) is 0 Å². The number of nitrogens with zero attached hydrogens (tertiary/aromatic N) is 1. The number of aliphatic hydroxyl groups excluding tert-OH is 3. The van der Waals surface area contributed by atoms with Crippen molar-refractivity contribution in [3.8, 4) is 0 Å². The molecule has 1 aliphatic rings. The van der Waals surface area contributed by atoms with Crippen molar-refractivity contribution in [1.29, 1.82) is 0 Å². The standard InChI is InChI=1S/C46H79N15O13/c1-23(2)20-32-41(69)54-28(10-15-47)38(66)53-30(12-17-49)40(68)60-36(25(4)64)46(74)61(45(73)31(13-18-50)56-44(72)35(24(3)63)59-37(65)27(52)22-62)34(14-19-51)43(71)55-29(11-16-48)39(67)58-33(42(70)57-32)21-26-8-6-5-7-9-26/h5-9,23-25,27-36,62-64H,10-22,47-52H2,1-4H3,(H,53,66)(H,54,69)(H,55,71)(H,56,72)(H,57,70)(H,58,67)(H,59,65)(H,60,68)/t24-,25-,27+,28+,29+,30+,31+,32+,33-,34+,35+,36+/m1/s1. The highest BCUT2D eigenvalue weighted by Gasteiger charge is 2.45. The zero-order chi connectivity index (χ0) is 55.8. The SMILES string of the molecule is CC(C)C[C@@H]1NC(=O)[C@@H](Cc2ccccc2)NC(=O)[C@H](CCN)NC(=O)[C@H](CCN)N(C(=O)[C@H](CCN)NC(=O)[C@@H](NC(=O)[C@@H](N)CO)[C@@H](C)O)C(=O)[C@H]([C@@H](C)O)NC(=O)[C@H](CCN)NC(=O)[C@H](CCN)NC1=O. The van der Waals surface area contributed by atoms with Crippen LogP contribution in [0.2, 0.25) is 0 Å². The number of nitrogens with one attached hydrogen (secondary N) is 8. The van der Waals surface area contributed by atoms with Gasteiger partial charge in [0, 0.05) is 6.42 Å². The highest BCUT2D eigenvalue weighted by molar-refractivity contribution is 6.07. The second kappa shape index (κ2) is 32.2. The van der Waals surface area contributed by atoms with Gasteiger partial charge in [0.15, 0.2) is 0 Å². The van der Waals surface area contributed by atoms with Crippen LogP contribution in [0, 0.1) is 5.92 Å². The van der Waals surface area contributed by atoms with Crippen molar-refractivity contribution in [3.05, 3.63) is 35.9 Å². The summed E-state index contributed by atoms with van der Waals surface area (Å²) in [5.74, 6) is -11.3. The molecule has 28 nitrogen and oxygen atoms in total. The minimum Gasteiger partial charge on any atom is -0.394 e. The fraction of sp³-hybridized carbons (Fsp3) is 0.652. The van der Waals surface area contributed by atoms with Crippen LogP contribution in [-0.2, 0) is 54.4 Å². The Hall–Kier alpha value is -6.24. The zero-order valence-corrected chi connectivity index (χ0v) is 42.4. The van der Waals surface area contributed by atoms with Gasteiger partial charge >= 0.3 is 0 Å². The molecule has 0 bridgehead atoms. The van der Waals surface area contributed by atoms with E-state index in [1.807, 2.05) is 0 Å². The van der Waals surface area contributed by atoms with Crippen molar-refractivity contribution >= 4 is 59.1 Å². The average molecular weight is 1050 g/mol. The summed E-state index contributed by atoms with van der Waals surface area (Å²) >= 11 is 0. The fourth-order valence-corrected chi connectivity index (χ4v) is 7.77. The van der Waals surface area contributed by atoms with Gasteiger partial charge < -0.3 is 92.3 Å². The van der Waals surface area contributed by atoms with Crippen LogP contribution in [0.3, 0.4) is 0 Å². The lowest BCUT2D eigenvalue weighted by Crippen LogP contribution is -2.66. The summed E-state index contributed by atoms with van der Waals surface area (Å²) in [6.07, 6.45) is -5.48. The third kappa shape index (κ3) is 19.6. The van der Waals surface area contributed by atoms with Crippen molar-refractivity contribution in [2.75, 3.05) is 39.3 Å². The van der Waals surface area contributed by atoms with E-state index < -0.39 is 158 Å². The van der Waals surface area contributed by atoms with E-state index >= 15 is 9.59 Å². The Balaban J connectivity index is 3.00. The van der Waals surface area contributed by atoms with E-state index in [2.05, 4.69) is 42.5 Å². The molecule has 0 aliphatic carbocycles. The monoisotopic (exact) mass is 1050 g/mol. The third-order valence-electron chi connectivity index (χ3n) is 11.8. The summed E-state index contributed by atoms with van der Waals surface area (Å²) in [4.78, 5) is 142. The van der Waals surface area contributed by atoms with Crippen molar-refractivity contribution in [2.45, 2.75) is 145 Å². The lowest BCUT2D eigenvalue weighted by Gasteiger charge is -2.36. The molecule has 28 heteroatoms. The van der Waals surface area contributed by atoms with Crippen molar-refractivity contribution < 1.29 is 63.3 Å². The predicted molar refractivity (Wildman–Crippen MR) is 267 cm³/mol. The molecule has 74 heavy (non-hydrogen) atoms. The molecule has 23 N–H and O–H groups in total. The van der Waals surface area contributed by atoms with Crippen molar-refractivity contribution in [1.82, 2.24) is 47.4 Å². The number of hydrogen-bond acceptors (Lipinski definition) is 19. The van der Waals surface area contributed by atoms with Gasteiger partial charge in [-0.3, -0.25) is 52.8 Å². The van der Waals surface area contributed by atoms with Crippen LogP contribution in [0.25, 0.3) is 0 Å². The average Bonchev–Trinajstić information content (AvgIpc) is 3.34. The number of imide groups is 1. The molecule has 0 aromatic heterocycles. The van der Waals surface area contributed by atoms with Crippen LogP contribution < -0.4 is 76.9 Å². The molecule has 1 saturated heterocycles. The molecule has 1 aromatic rings. The van der Waals surface area contributed by atoms with Gasteiger partial charge in [-0.05, 0) is 96.6 Å². The first-order chi connectivity index (χ1) is 35.0. The largest absolute Gasteiger partial charge is 0.394 e. The second-order valence-electron chi connectivity index (χ2n) is 18.4. The number of carbonyl (C=O) groups excluding carboxylic acids is 10. The first-order valence-electron chi connectivity index (χ1n) is 24.6. The topological polar surface area (TPSA) is 487 Å². The van der Waals surface area contributed by atoms with Gasteiger partial charge in [-0.1, -0.05) is 44.2 Å². The fourth-order valence-electron chi connectivity index (χ4n) is 7.77. The van der Waals surface area contributed by atoms with Crippen LogP contribution in [0.5, 0.6) is 0 Å². The van der Waals surface area contributed by atoms with Crippen LogP contribution in [-0.4, -0.2) is 191 Å². The van der Waals surface area contributed by atoms with Gasteiger partial charge in [0.2, 0.25) is 47.3 Å². The Morgan fingerprint density at radius 3 is 1.53 bits per heavy atom. The lowest BCUT2D eigenvalue weighted by atomic mass is 10.00. The Morgan fingerprint density at radius 2 is 1.07 bits per heavy atom. The molecular weight excluding hydrogens is 971 g/mol. The summed E-state index contributed by atoms with van der Waals surface area (Å²) in [6.45, 7) is 3.40. The quantitative estimate of drug-likeness (QED) is 0.0513. The van der Waals surface area contributed by atoms with E-state index in [4.69, 9.17) is 34.4 Å². The Bertz CT molecular complexity index is 2050. The molecule has 0 spiro atoms. The molecule has 0 unspecified atom stereocenters. The predicted octanol–water partition coefficient (Wildman–Crippen LogP) is -8.28. The summed E-state index contributed by atoms with van der Waals surface area (Å²) in [5.41, 5.74) is 35.7. The van der Waals surface area contributed by atoms with Gasteiger partial charge in [0.25, 0.3) is 11.8 Å². The maximum Gasteiger partial charge on any atom is 0.255 e. The number of aliphatic hydroxyl groups is 3. The number of benzene rings is 1. The lowest BCUT2D eigenvalue weighted by molar-refractivity contribution is -0.158. The molecule has 2 rings (SSSR count). The van der Waals surface area contributed by atoms with Gasteiger partial charge in [-0.2, -0.15) is 0 Å². The Morgan fingerprint density at radius 1 is 0.608 bits per heavy atom. The molecule has 10 amide bonds. The number of hydrogen-bond donors (Lipinski definition) is 17. The van der Waals surface area contributed by atoms with E-state index in [1.165, 1.54) is 0 Å². The zero-order valence-electron chi connectivity index (χ0n) is 42.4. The summed E-state index contributed by atoms with van der Waals surface area (Å²) in [7, 11) is 0. The highest BCUT2D eigenvalue weighted by Crippen LogP contribution is 2.16. The van der Waals surface area contributed by atoms with Crippen LogP contribution >= 0.6 is 0 Å². The smallest absolute Gasteiger partial charge is 0.255 e. The summed E-state index contributed by atoms with van der Waals surface area (Å²) in [6, 6.07) is -8.29. The highest BCUT2D eigenvalue weighted by atomic mass is 16.3. The molecule has 0 saturated carbocycles. The van der Waals surface area contributed by atoms with Crippen molar-refractivity contribution in [2.24, 2.45) is 40.3 Å². The first-order valence-corrected chi connectivity index (χ1v) is 24.6. The molecule has 1 aromatic carbocycles. The molecule has 12 atom stereocenters. The van der Waals surface area contributed by atoms with Gasteiger partial charge in [0.05, 0.1) is 18.8 Å². The Labute approximate surface area is 429 Å². The molecule has 1 aliphatic heterocycles. The number of amides is 10. The van der Waals surface area contributed by atoms with Gasteiger partial charge in [-0.25, -0.2) is 0 Å². The van der Waals surface area contributed by atoms with E-state index in [9.17, 15) is 53.7 Å². The second-order valence-corrected chi connectivity index (χ2v) is 18.4. The molecular formula is C46H79N15O13. The maximum absolute atomic E-state index is 15.1. The van der Waals surface area contributed by atoms with E-state index in [0.29, 0.717) is 10.5 Å². The molecule has 416 valence electrons. The molecule has 0 radical (unpaired) electrons. The number of carbonyl (C=O) groups is 10. The van der Waals surface area contributed by atoms with Crippen LogP contribution in [0.1, 0.15) is 71.8 Å². The van der Waals surface area contributed by atoms with Crippen LogP contribution in [0.15, 0.2) is 30.3 Å². The van der Waals surface area contributed by atoms with Gasteiger partial charge in [-0.15, -0.1) is 0 Å². The Kier molecular flexibility index (Phi) is 27.8. The minimum absolute atomic E-state index is 0.0456. The van der Waals surface area contributed by atoms with E-state index in [0.717, 1.165) is 13.8 Å². The summed E-state index contributed by atoms with van der Waals surface area (Å²) < 4.78 is 0. The van der Waals surface area contributed by atoms with Gasteiger partial charge in [0.1, 0.15) is 60.4 Å². The van der Waals surface area contributed by atoms with Crippen molar-refractivity contribution in [3.63, 3.8) is 0 Å². The maximum atomic E-state index is 15.1. The van der Waals surface area contributed by atoms with E-state index in [1.54, 1.807) is 44.2 Å². The first kappa shape index (κ1) is 63.9. The summed E-state index contributed by atoms with van der Waals surface area (Å²) in [5, 5.41) is 50.8. The van der Waals surface area contributed by atoms with E-state index in [-0.39, 0.29) is 64.2 Å². The number of nitrogens with two attached hydrogens (primary N) is 6. The minimum atomic E-state index is -2.14. The number of rotatable bonds is 22.